The van der Waals surface area contributed by atoms with E-state index < -0.39 is 28.1 Å². The Bertz CT molecular complexity index is 1840. The zero-order valence-corrected chi connectivity index (χ0v) is 25.8. The highest BCUT2D eigenvalue weighted by Crippen LogP contribution is 2.37. The Balaban J connectivity index is 1.36. The summed E-state index contributed by atoms with van der Waals surface area (Å²) in [6.07, 6.45) is 1.57. The maximum atomic E-state index is 12.7. The van der Waals surface area contributed by atoms with Crippen molar-refractivity contribution in [3.63, 3.8) is 0 Å². The normalized spacial score (nSPS) is 14.1. The molecule has 0 spiro atoms. The molecule has 5 rings (SSSR count). The minimum Gasteiger partial charge on any atom is -0.478 e. The Morgan fingerprint density at radius 1 is 1.00 bits per heavy atom. The molecule has 0 aliphatic carbocycles. The first-order valence-electron chi connectivity index (χ1n) is 14.0. The van der Waals surface area contributed by atoms with E-state index in [0.717, 1.165) is 39.3 Å². The lowest BCUT2D eigenvalue weighted by Crippen LogP contribution is -2.38. The number of aromatic carboxylic acids is 1. The van der Waals surface area contributed by atoms with Gasteiger partial charge in [-0.1, -0.05) is 60.2 Å². The number of carbonyl (C=O) groups excluding carboxylic acids is 2. The average molecular weight is 643 g/mol. The smallest absolute Gasteiger partial charge is 0.349 e. The van der Waals surface area contributed by atoms with Crippen LogP contribution < -0.4 is 15.0 Å². The summed E-state index contributed by atoms with van der Waals surface area (Å²) < 4.78 is 27.4. The van der Waals surface area contributed by atoms with E-state index in [1.165, 1.54) is 12.1 Å². The van der Waals surface area contributed by atoms with Crippen LogP contribution >= 0.6 is 11.8 Å². The van der Waals surface area contributed by atoms with E-state index in [1.807, 2.05) is 65.1 Å². The number of nitrogens with one attached hydrogen (secondary N) is 2. The second-order valence-electron chi connectivity index (χ2n) is 10.3. The van der Waals surface area contributed by atoms with Gasteiger partial charge >= 0.3 is 12.0 Å². The number of benzene rings is 4. The summed E-state index contributed by atoms with van der Waals surface area (Å²) in [5.41, 5.74) is 7.14. The molecule has 1 aliphatic heterocycles. The molecule has 45 heavy (non-hydrogen) atoms. The van der Waals surface area contributed by atoms with Crippen molar-refractivity contribution < 1.29 is 27.9 Å². The van der Waals surface area contributed by atoms with E-state index in [0.29, 0.717) is 17.7 Å². The van der Waals surface area contributed by atoms with Crippen molar-refractivity contribution in [3.05, 3.63) is 125 Å². The fraction of sp³-hybridized carbons (Fsp3) is 0.152. The molecule has 1 atom stereocenters. The predicted molar refractivity (Wildman–Crippen MR) is 173 cm³/mol. The molecule has 0 fully saturated rings. The Labute approximate surface area is 265 Å². The van der Waals surface area contributed by atoms with E-state index in [9.17, 15) is 22.8 Å². The highest BCUT2D eigenvalue weighted by atomic mass is 32.2. The van der Waals surface area contributed by atoms with Crippen LogP contribution in [0.1, 0.15) is 38.7 Å². The quantitative estimate of drug-likeness (QED) is 0.115. The third kappa shape index (κ3) is 7.59. The van der Waals surface area contributed by atoms with Gasteiger partial charge in [-0.15, -0.1) is 11.8 Å². The number of amides is 2. The van der Waals surface area contributed by atoms with Crippen LogP contribution in [0.3, 0.4) is 0 Å². The van der Waals surface area contributed by atoms with Crippen LogP contribution in [0.2, 0.25) is 0 Å². The van der Waals surface area contributed by atoms with Gasteiger partial charge in [-0.2, -0.15) is 5.10 Å². The summed E-state index contributed by atoms with van der Waals surface area (Å²) in [5.74, 6) is -0.246. The van der Waals surface area contributed by atoms with E-state index in [-0.39, 0.29) is 17.0 Å². The van der Waals surface area contributed by atoms with Crippen molar-refractivity contribution >= 4 is 51.5 Å². The first-order valence-corrected chi connectivity index (χ1v) is 16.4. The lowest BCUT2D eigenvalue weighted by Gasteiger charge is -2.26. The number of thioether (sulfide) groups is 1. The molecule has 2 amide bonds. The fourth-order valence-corrected chi connectivity index (χ4v) is 6.73. The largest absolute Gasteiger partial charge is 0.478 e. The van der Waals surface area contributed by atoms with Gasteiger partial charge in [0.2, 0.25) is 0 Å². The molecule has 0 saturated heterocycles. The molecule has 10 nitrogen and oxygen atoms in total. The van der Waals surface area contributed by atoms with Gasteiger partial charge in [0.05, 0.1) is 22.7 Å². The van der Waals surface area contributed by atoms with Gasteiger partial charge in [0.1, 0.15) is 12.3 Å². The number of fused-ring (bicyclic) bond motifs is 1. The number of anilines is 1. The zero-order chi connectivity index (χ0) is 32.0. The van der Waals surface area contributed by atoms with Gasteiger partial charge < -0.3 is 14.8 Å². The topological polar surface area (TPSA) is 145 Å². The second-order valence-corrected chi connectivity index (χ2v) is 13.2. The number of sulfonamides is 1. The van der Waals surface area contributed by atoms with Crippen molar-refractivity contribution in [2.45, 2.75) is 29.2 Å². The number of urea groups is 1. The molecule has 0 saturated carbocycles. The van der Waals surface area contributed by atoms with Crippen LogP contribution in [-0.4, -0.2) is 49.8 Å². The fourth-order valence-electron chi connectivity index (χ4n) is 4.88. The summed E-state index contributed by atoms with van der Waals surface area (Å²) in [6.45, 7) is 2.02. The third-order valence-corrected chi connectivity index (χ3v) is 9.57. The molecule has 4 aromatic carbocycles. The van der Waals surface area contributed by atoms with E-state index >= 15 is 0 Å². The number of rotatable bonds is 11. The summed E-state index contributed by atoms with van der Waals surface area (Å²) >= 11 is 1.60. The number of carboxylic acid groups (broad SMARTS) is 1. The first kappa shape index (κ1) is 31.5. The van der Waals surface area contributed by atoms with Gasteiger partial charge in [-0.3, -0.25) is 0 Å². The van der Waals surface area contributed by atoms with Crippen molar-refractivity contribution in [3.8, 4) is 0 Å². The molecular weight excluding hydrogens is 613 g/mol. The number of hydrogen-bond acceptors (Lipinski definition) is 8. The zero-order valence-electron chi connectivity index (χ0n) is 24.2. The number of carbonyl (C=O) groups is 3. The highest BCUT2D eigenvalue weighted by Gasteiger charge is 2.32. The molecule has 0 radical (unpaired) electrons. The monoisotopic (exact) mass is 642 g/mol. The van der Waals surface area contributed by atoms with Crippen LogP contribution in [0.15, 0.2) is 112 Å². The third-order valence-electron chi connectivity index (χ3n) is 7.23. The summed E-state index contributed by atoms with van der Waals surface area (Å²) in [6, 6.07) is 26.3. The first-order chi connectivity index (χ1) is 21.6. The second kappa shape index (κ2) is 13.8. The van der Waals surface area contributed by atoms with Gasteiger partial charge in [-0.25, -0.2) is 28.2 Å². The van der Waals surface area contributed by atoms with Crippen molar-refractivity contribution in [2.24, 2.45) is 5.10 Å². The number of hydrogen-bond donors (Lipinski definition) is 3. The molecule has 4 aromatic rings. The number of hydrazone groups is 1. The summed E-state index contributed by atoms with van der Waals surface area (Å²) in [7, 11) is -4.11. The van der Waals surface area contributed by atoms with E-state index in [1.54, 1.807) is 48.2 Å². The van der Waals surface area contributed by atoms with Gasteiger partial charge in [0.15, 0.2) is 0 Å². The molecule has 0 aromatic heterocycles. The average Bonchev–Trinajstić information content (AvgIpc) is 3.38. The molecular formula is C33H30N4O6S2. The van der Waals surface area contributed by atoms with Crippen molar-refractivity contribution in [1.82, 2.24) is 10.1 Å². The molecule has 12 heteroatoms. The molecule has 3 N–H and O–H groups in total. The van der Waals surface area contributed by atoms with Gasteiger partial charge in [0.25, 0.3) is 10.0 Å². The molecule has 0 bridgehead atoms. The van der Waals surface area contributed by atoms with Crippen LogP contribution in [0.25, 0.3) is 0 Å². The minimum absolute atomic E-state index is 0.0514. The van der Waals surface area contributed by atoms with Crippen molar-refractivity contribution in [1.29, 1.82) is 0 Å². The van der Waals surface area contributed by atoms with Crippen molar-refractivity contribution in [2.75, 3.05) is 17.2 Å². The lowest BCUT2D eigenvalue weighted by atomic mass is 10.1. The maximum absolute atomic E-state index is 12.7. The summed E-state index contributed by atoms with van der Waals surface area (Å²) in [4.78, 5) is 38.9. The molecule has 1 aliphatic rings. The minimum atomic E-state index is -4.11. The molecule has 1 unspecified atom stereocenters. The van der Waals surface area contributed by atoms with Gasteiger partial charge in [0, 0.05) is 21.9 Å². The highest BCUT2D eigenvalue weighted by molar-refractivity contribution is 7.99. The Morgan fingerprint density at radius 2 is 1.71 bits per heavy atom. The SMILES string of the molecule is Cc1ccc(S(=O)(=O)NC(=O)NN=C2CN(C(C=O)c3ccccc3)c3ccc(SCCc4ccc(C(=O)O)cc4)cc32)cc1. The Kier molecular flexibility index (Phi) is 9.65. The maximum Gasteiger partial charge on any atom is 0.349 e. The molecule has 230 valence electrons. The van der Waals surface area contributed by atoms with E-state index in [2.05, 4.69) is 10.5 Å². The van der Waals surface area contributed by atoms with Gasteiger partial charge in [-0.05, 0) is 66.9 Å². The Hall–Kier alpha value is -4.94. The van der Waals surface area contributed by atoms with Crippen LogP contribution in [0, 0.1) is 6.92 Å². The number of nitrogens with zero attached hydrogens (tertiary/aromatic N) is 2. The number of aldehydes is 1. The lowest BCUT2D eigenvalue weighted by molar-refractivity contribution is -0.109. The van der Waals surface area contributed by atoms with Crippen LogP contribution in [0.5, 0.6) is 0 Å². The van der Waals surface area contributed by atoms with Crippen LogP contribution in [0.4, 0.5) is 10.5 Å². The number of aryl methyl sites for hydroxylation is 2. The molecule has 1 heterocycles. The standard InChI is InChI=1S/C33H30N4O6S2/c1-22-7-14-27(15-8-22)45(42,43)36-33(41)35-34-29-20-37(31(21-38)24-5-3-2-4-6-24)30-16-13-26(19-28(29)30)44-18-17-23-9-11-25(12-10-23)32(39)40/h2-16,19,21,31H,17-18,20H2,1H3,(H,39,40)(H2,35,36,41). The number of carboxylic acids is 1. The Morgan fingerprint density at radius 3 is 2.38 bits per heavy atom. The predicted octanol–water partition coefficient (Wildman–Crippen LogP) is 5.18. The van der Waals surface area contributed by atoms with Crippen LogP contribution in [-0.2, 0) is 21.2 Å². The summed E-state index contributed by atoms with van der Waals surface area (Å²) in [5, 5.41) is 13.4. The van der Waals surface area contributed by atoms with E-state index in [4.69, 9.17) is 5.11 Å².